The normalized spacial score (nSPS) is 15.2. The van der Waals surface area contributed by atoms with Crippen LogP contribution in [0.3, 0.4) is 0 Å². The Bertz CT molecular complexity index is 1760. The Morgan fingerprint density at radius 3 is 2.08 bits per heavy atom. The number of nitrogens with zero attached hydrogens (tertiary/aromatic N) is 4. The highest BCUT2D eigenvalue weighted by Crippen LogP contribution is 2.41. The minimum absolute atomic E-state index is 0.187. The third kappa shape index (κ3) is 4.78. The minimum atomic E-state index is -3.97. The standard InChI is InChI=1S/C32H28N4O3S/c1-23-13-15-25(16-14-23)32-29(22-35(34-32)26-9-5-3-6-10-26)31-21-30(24-17-19-27(39-2)20-18-24)33-36(31)40(37,38)28-11-7-4-8-12-28/h3-20,22,31H,21H2,1-2H3. The van der Waals surface area contributed by atoms with Gasteiger partial charge in [0, 0.05) is 23.7 Å². The Kier molecular flexibility index (Phi) is 6.69. The largest absolute Gasteiger partial charge is 0.497 e. The molecule has 2 heterocycles. The van der Waals surface area contributed by atoms with E-state index in [1.165, 1.54) is 4.41 Å². The second-order valence-electron chi connectivity index (χ2n) is 9.66. The van der Waals surface area contributed by atoms with E-state index >= 15 is 0 Å². The maximum Gasteiger partial charge on any atom is 0.279 e. The SMILES string of the molecule is COc1ccc(C2=NN(S(=O)(=O)c3ccccc3)C(c3cn(-c4ccccc4)nc3-c3ccc(C)cc3)C2)cc1. The van der Waals surface area contributed by atoms with Gasteiger partial charge in [-0.25, -0.2) is 4.68 Å². The molecule has 1 unspecified atom stereocenters. The van der Waals surface area contributed by atoms with Gasteiger partial charge >= 0.3 is 0 Å². The van der Waals surface area contributed by atoms with Crippen molar-refractivity contribution in [2.24, 2.45) is 5.10 Å². The summed E-state index contributed by atoms with van der Waals surface area (Å²) in [5, 5.41) is 9.70. The van der Waals surface area contributed by atoms with Crippen molar-refractivity contribution in [1.29, 1.82) is 0 Å². The zero-order valence-electron chi connectivity index (χ0n) is 22.2. The van der Waals surface area contributed by atoms with E-state index in [0.29, 0.717) is 17.8 Å². The molecule has 1 aliphatic rings. The van der Waals surface area contributed by atoms with Gasteiger partial charge in [0.25, 0.3) is 10.0 Å². The van der Waals surface area contributed by atoms with Gasteiger partial charge in [0.2, 0.25) is 0 Å². The van der Waals surface area contributed by atoms with Crippen molar-refractivity contribution in [3.63, 3.8) is 0 Å². The predicted molar refractivity (Wildman–Crippen MR) is 156 cm³/mol. The van der Waals surface area contributed by atoms with Gasteiger partial charge in [-0.3, -0.25) is 0 Å². The van der Waals surface area contributed by atoms with Crippen LogP contribution >= 0.6 is 0 Å². The average Bonchev–Trinajstić information content (AvgIpc) is 3.64. The lowest BCUT2D eigenvalue weighted by Crippen LogP contribution is -2.27. The molecule has 4 aromatic carbocycles. The highest BCUT2D eigenvalue weighted by molar-refractivity contribution is 7.89. The van der Waals surface area contributed by atoms with Crippen molar-refractivity contribution in [3.05, 3.63) is 132 Å². The summed E-state index contributed by atoms with van der Waals surface area (Å²) in [5.41, 5.74) is 5.93. The molecule has 7 nitrogen and oxygen atoms in total. The Morgan fingerprint density at radius 2 is 1.43 bits per heavy atom. The molecule has 200 valence electrons. The van der Waals surface area contributed by atoms with Crippen LogP contribution in [-0.4, -0.2) is 35.4 Å². The number of hydrogen-bond acceptors (Lipinski definition) is 5. The van der Waals surface area contributed by atoms with Gasteiger partial charge in [-0.05, 0) is 61.0 Å². The van der Waals surface area contributed by atoms with E-state index < -0.39 is 16.1 Å². The van der Waals surface area contributed by atoms with E-state index in [9.17, 15) is 8.42 Å². The molecule has 0 fully saturated rings. The van der Waals surface area contributed by atoms with E-state index in [1.807, 2.05) is 96.7 Å². The van der Waals surface area contributed by atoms with Crippen LogP contribution in [0.4, 0.5) is 0 Å². The molecular formula is C32H28N4O3S. The first kappa shape index (κ1) is 25.6. The van der Waals surface area contributed by atoms with E-state index in [0.717, 1.165) is 33.7 Å². The Balaban J connectivity index is 1.51. The number of methoxy groups -OCH3 is 1. The van der Waals surface area contributed by atoms with E-state index in [4.69, 9.17) is 14.9 Å². The molecule has 0 radical (unpaired) electrons. The minimum Gasteiger partial charge on any atom is -0.497 e. The molecule has 0 bridgehead atoms. The monoisotopic (exact) mass is 548 g/mol. The number of ether oxygens (including phenoxy) is 1. The summed E-state index contributed by atoms with van der Waals surface area (Å²) in [6, 6.07) is 33.3. The van der Waals surface area contributed by atoms with Crippen LogP contribution in [0.5, 0.6) is 5.75 Å². The van der Waals surface area contributed by atoms with Gasteiger partial charge in [-0.1, -0.05) is 66.2 Å². The molecule has 0 spiro atoms. The van der Waals surface area contributed by atoms with Crippen molar-refractivity contribution in [2.75, 3.05) is 7.11 Å². The van der Waals surface area contributed by atoms with E-state index in [2.05, 4.69) is 0 Å². The molecule has 1 atom stereocenters. The topological polar surface area (TPSA) is 76.8 Å². The van der Waals surface area contributed by atoms with Crippen molar-refractivity contribution in [1.82, 2.24) is 14.2 Å². The summed E-state index contributed by atoms with van der Waals surface area (Å²) in [5.74, 6) is 0.721. The second-order valence-corrected chi connectivity index (χ2v) is 11.5. The maximum absolute atomic E-state index is 14.0. The molecule has 0 saturated heterocycles. The van der Waals surface area contributed by atoms with Crippen LogP contribution in [0, 0.1) is 6.92 Å². The van der Waals surface area contributed by atoms with E-state index in [-0.39, 0.29) is 4.90 Å². The predicted octanol–water partition coefficient (Wildman–Crippen LogP) is 6.40. The summed E-state index contributed by atoms with van der Waals surface area (Å²) in [4.78, 5) is 0.187. The number of sulfonamides is 1. The molecule has 1 aromatic heterocycles. The molecule has 6 rings (SSSR count). The lowest BCUT2D eigenvalue weighted by molar-refractivity contribution is 0.372. The fourth-order valence-corrected chi connectivity index (χ4v) is 6.33. The molecule has 40 heavy (non-hydrogen) atoms. The molecule has 0 amide bonds. The lowest BCUT2D eigenvalue weighted by atomic mass is 9.97. The number of para-hydroxylation sites is 1. The summed E-state index contributed by atoms with van der Waals surface area (Å²) in [6.45, 7) is 2.04. The quantitative estimate of drug-likeness (QED) is 0.236. The van der Waals surface area contributed by atoms with Crippen molar-refractivity contribution >= 4 is 15.7 Å². The first-order valence-corrected chi connectivity index (χ1v) is 14.4. The highest BCUT2D eigenvalue weighted by atomic mass is 32.2. The van der Waals surface area contributed by atoms with Gasteiger partial charge in [0.15, 0.2) is 0 Å². The summed E-state index contributed by atoms with van der Waals surface area (Å²) < 4.78 is 36.5. The number of hydrogen-bond donors (Lipinski definition) is 0. The Hall–Kier alpha value is -4.69. The summed E-state index contributed by atoms with van der Waals surface area (Å²) >= 11 is 0. The van der Waals surface area contributed by atoms with Crippen molar-refractivity contribution < 1.29 is 13.2 Å². The molecule has 0 N–H and O–H groups in total. The van der Waals surface area contributed by atoms with Crippen LogP contribution in [0.25, 0.3) is 16.9 Å². The van der Waals surface area contributed by atoms with Crippen LogP contribution < -0.4 is 4.74 Å². The first-order chi connectivity index (χ1) is 19.4. The number of benzene rings is 4. The zero-order valence-corrected chi connectivity index (χ0v) is 23.0. The molecule has 0 aliphatic carbocycles. The average molecular weight is 549 g/mol. The third-order valence-electron chi connectivity index (χ3n) is 7.03. The van der Waals surface area contributed by atoms with E-state index in [1.54, 1.807) is 37.4 Å². The Morgan fingerprint density at radius 1 is 0.800 bits per heavy atom. The van der Waals surface area contributed by atoms with Crippen molar-refractivity contribution in [2.45, 2.75) is 24.3 Å². The number of aromatic nitrogens is 2. The summed E-state index contributed by atoms with van der Waals surface area (Å²) in [7, 11) is -2.35. The fourth-order valence-electron chi connectivity index (χ4n) is 4.88. The van der Waals surface area contributed by atoms with Gasteiger partial charge in [-0.2, -0.15) is 23.0 Å². The number of rotatable bonds is 7. The maximum atomic E-state index is 14.0. The molecule has 8 heteroatoms. The third-order valence-corrected chi connectivity index (χ3v) is 8.73. The lowest BCUT2D eigenvalue weighted by Gasteiger charge is -2.23. The number of hydrazone groups is 1. The van der Waals surface area contributed by atoms with Crippen LogP contribution in [-0.2, 0) is 10.0 Å². The van der Waals surface area contributed by atoms with Gasteiger partial charge < -0.3 is 4.74 Å². The molecule has 1 aliphatic heterocycles. The molecular weight excluding hydrogens is 520 g/mol. The second kappa shape index (κ2) is 10.5. The fraction of sp³-hybridized carbons (Fsp3) is 0.125. The number of aryl methyl sites for hydroxylation is 1. The van der Waals surface area contributed by atoms with Crippen LogP contribution in [0.15, 0.2) is 125 Å². The Labute approximate surface area is 234 Å². The van der Waals surface area contributed by atoms with Crippen molar-refractivity contribution in [3.8, 4) is 22.7 Å². The van der Waals surface area contributed by atoms with Gasteiger partial charge in [-0.15, -0.1) is 0 Å². The van der Waals surface area contributed by atoms with Gasteiger partial charge in [0.1, 0.15) is 5.75 Å². The zero-order chi connectivity index (χ0) is 27.7. The highest BCUT2D eigenvalue weighted by Gasteiger charge is 2.40. The van der Waals surface area contributed by atoms with Gasteiger partial charge in [0.05, 0.1) is 35.1 Å². The summed E-state index contributed by atoms with van der Waals surface area (Å²) in [6.07, 6.45) is 2.31. The van der Waals surface area contributed by atoms with Crippen LogP contribution in [0.1, 0.15) is 29.2 Å². The molecule has 0 saturated carbocycles. The molecule has 5 aromatic rings. The first-order valence-electron chi connectivity index (χ1n) is 13.0. The smallest absolute Gasteiger partial charge is 0.279 e. The van der Waals surface area contributed by atoms with Crippen LogP contribution in [0.2, 0.25) is 0 Å².